The summed E-state index contributed by atoms with van der Waals surface area (Å²) in [5.74, 6) is 0.705. The molecule has 2 aromatic rings. The molecule has 0 aromatic heterocycles. The summed E-state index contributed by atoms with van der Waals surface area (Å²) in [5.41, 5.74) is 1.97. The summed E-state index contributed by atoms with van der Waals surface area (Å²) in [4.78, 5) is 0. The molecule has 0 aliphatic carbocycles. The van der Waals surface area contributed by atoms with Crippen LogP contribution < -0.4 is 4.74 Å². The average Bonchev–Trinajstić information content (AvgIpc) is 2.39. The van der Waals surface area contributed by atoms with Crippen molar-refractivity contribution in [2.45, 2.75) is 11.9 Å². The Morgan fingerprint density at radius 1 is 0.889 bits per heavy atom. The molecule has 2 rings (SSSR count). The van der Waals surface area contributed by atoms with Gasteiger partial charge in [0.05, 0.1) is 5.02 Å². The molecule has 0 saturated carbocycles. The summed E-state index contributed by atoms with van der Waals surface area (Å²) in [6.07, 6.45) is 0. The zero-order chi connectivity index (χ0) is 13.0. The number of hydrogen-bond donors (Lipinski definition) is 0. The van der Waals surface area contributed by atoms with Gasteiger partial charge in [-0.05, 0) is 12.1 Å². The minimum absolute atomic E-state index is 0.406. The minimum atomic E-state index is 0.406. The quantitative estimate of drug-likeness (QED) is 0.668. The summed E-state index contributed by atoms with van der Waals surface area (Å²) in [6.45, 7) is 0.406. The molecule has 94 valence electrons. The number of hydrogen-bond acceptors (Lipinski definition) is 1. The van der Waals surface area contributed by atoms with E-state index in [1.54, 1.807) is 0 Å². The Hall–Kier alpha value is -0.700. The molecule has 0 amide bonds. The largest absolute Gasteiger partial charge is 0.487 e. The second-order valence-corrected chi connectivity index (χ2v) is 5.12. The van der Waals surface area contributed by atoms with Crippen LogP contribution in [-0.2, 0) is 11.9 Å². The Morgan fingerprint density at radius 3 is 2.28 bits per heavy atom. The van der Waals surface area contributed by atoms with E-state index >= 15 is 0 Å². The fraction of sp³-hybridized carbons (Fsp3) is 0.143. The van der Waals surface area contributed by atoms with Crippen molar-refractivity contribution in [2.75, 3.05) is 0 Å². The average molecular weight is 346 g/mol. The van der Waals surface area contributed by atoms with Crippen LogP contribution in [0.15, 0.2) is 42.5 Å². The van der Waals surface area contributed by atoms with Crippen molar-refractivity contribution in [1.29, 1.82) is 0 Å². The smallest absolute Gasteiger partial charge is 0.142 e. The van der Waals surface area contributed by atoms with Crippen molar-refractivity contribution >= 4 is 39.1 Å². The molecule has 2 aromatic carbocycles. The van der Waals surface area contributed by atoms with Crippen molar-refractivity contribution < 1.29 is 4.74 Å². The zero-order valence-corrected chi connectivity index (χ0v) is 12.6. The monoisotopic (exact) mass is 344 g/mol. The van der Waals surface area contributed by atoms with Gasteiger partial charge in [-0.2, -0.15) is 0 Å². The van der Waals surface area contributed by atoms with Crippen molar-refractivity contribution in [3.05, 3.63) is 63.6 Å². The first kappa shape index (κ1) is 13.7. The highest BCUT2D eigenvalue weighted by molar-refractivity contribution is 9.08. The van der Waals surface area contributed by atoms with E-state index in [-0.39, 0.29) is 0 Å². The van der Waals surface area contributed by atoms with Gasteiger partial charge in [0.2, 0.25) is 0 Å². The van der Waals surface area contributed by atoms with Crippen molar-refractivity contribution in [1.82, 2.24) is 0 Å². The molecule has 18 heavy (non-hydrogen) atoms. The van der Waals surface area contributed by atoms with E-state index in [0.29, 0.717) is 27.7 Å². The molecule has 0 N–H and O–H groups in total. The first-order valence-corrected chi connectivity index (χ1v) is 7.29. The lowest BCUT2D eigenvalue weighted by Gasteiger charge is -2.12. The number of rotatable bonds is 4. The van der Waals surface area contributed by atoms with Gasteiger partial charge in [-0.3, -0.25) is 0 Å². The summed E-state index contributed by atoms with van der Waals surface area (Å²) in [5, 5.41) is 2.01. The fourth-order valence-electron chi connectivity index (χ4n) is 1.59. The molecular formula is C14H11BrCl2O. The number of halogens is 3. The Bertz CT molecular complexity index is 543. The van der Waals surface area contributed by atoms with Crippen LogP contribution >= 0.6 is 39.1 Å². The summed E-state index contributed by atoms with van der Waals surface area (Å²) >= 11 is 15.6. The number of alkyl halides is 1. The maximum absolute atomic E-state index is 6.14. The molecule has 0 saturated heterocycles. The van der Waals surface area contributed by atoms with Gasteiger partial charge in [-0.15, -0.1) is 0 Å². The van der Waals surface area contributed by atoms with Crippen LogP contribution in [0.25, 0.3) is 0 Å². The number of para-hydroxylation sites is 1. The molecular weight excluding hydrogens is 335 g/mol. The predicted molar refractivity (Wildman–Crippen MR) is 79.9 cm³/mol. The first-order valence-electron chi connectivity index (χ1n) is 5.42. The van der Waals surface area contributed by atoms with Crippen molar-refractivity contribution in [3.8, 4) is 5.75 Å². The van der Waals surface area contributed by atoms with E-state index < -0.39 is 0 Å². The van der Waals surface area contributed by atoms with Gasteiger partial charge in [-0.25, -0.2) is 0 Å². The van der Waals surface area contributed by atoms with Crippen LogP contribution in [0.5, 0.6) is 5.75 Å². The van der Waals surface area contributed by atoms with Crippen LogP contribution in [0, 0.1) is 0 Å². The Kier molecular flexibility index (Phi) is 4.93. The molecule has 0 unspecified atom stereocenters. The Balaban J connectivity index is 2.18. The van der Waals surface area contributed by atoms with Crippen LogP contribution in [0.3, 0.4) is 0 Å². The molecule has 0 aliphatic heterocycles. The van der Waals surface area contributed by atoms with Gasteiger partial charge in [-0.1, -0.05) is 69.5 Å². The second-order valence-electron chi connectivity index (χ2n) is 3.74. The summed E-state index contributed by atoms with van der Waals surface area (Å²) in [7, 11) is 0. The molecule has 0 fully saturated rings. The number of ether oxygens (including phenoxy) is 1. The third-order valence-corrected chi connectivity index (χ3v) is 3.79. The summed E-state index contributed by atoms with van der Waals surface area (Å²) < 4.78 is 5.78. The van der Waals surface area contributed by atoms with E-state index in [9.17, 15) is 0 Å². The highest BCUT2D eigenvalue weighted by Crippen LogP contribution is 2.31. The first-order chi connectivity index (χ1) is 8.72. The minimum Gasteiger partial charge on any atom is -0.487 e. The summed E-state index contributed by atoms with van der Waals surface area (Å²) in [6, 6.07) is 13.3. The van der Waals surface area contributed by atoms with Crippen molar-refractivity contribution in [3.63, 3.8) is 0 Å². The lowest BCUT2D eigenvalue weighted by Crippen LogP contribution is -1.99. The topological polar surface area (TPSA) is 9.23 Å². The Morgan fingerprint density at radius 2 is 1.56 bits per heavy atom. The van der Waals surface area contributed by atoms with Gasteiger partial charge < -0.3 is 4.74 Å². The third-order valence-electron chi connectivity index (χ3n) is 2.52. The SMILES string of the molecule is Clc1ccccc1COc1c(Cl)cccc1CBr. The third kappa shape index (κ3) is 3.19. The molecule has 4 heteroatoms. The molecule has 0 spiro atoms. The standard InChI is InChI=1S/C14H11BrCl2O/c15-8-10-5-3-7-13(17)14(10)18-9-11-4-1-2-6-12(11)16/h1-7H,8-9H2. The normalized spacial score (nSPS) is 10.4. The predicted octanol–water partition coefficient (Wildman–Crippen LogP) is 5.47. The molecule has 0 bridgehead atoms. The van der Waals surface area contributed by atoms with E-state index in [2.05, 4.69) is 15.9 Å². The lowest BCUT2D eigenvalue weighted by molar-refractivity contribution is 0.304. The van der Waals surface area contributed by atoms with Crippen LogP contribution in [-0.4, -0.2) is 0 Å². The van der Waals surface area contributed by atoms with E-state index in [4.69, 9.17) is 27.9 Å². The molecule has 0 aliphatic rings. The maximum atomic E-state index is 6.14. The molecule has 0 radical (unpaired) electrons. The second kappa shape index (κ2) is 6.46. The molecule has 0 heterocycles. The van der Waals surface area contributed by atoms with E-state index in [1.165, 1.54) is 0 Å². The van der Waals surface area contributed by atoms with E-state index in [1.807, 2.05) is 42.5 Å². The zero-order valence-electron chi connectivity index (χ0n) is 9.50. The fourth-order valence-corrected chi connectivity index (χ4v) is 2.47. The van der Waals surface area contributed by atoms with Crippen molar-refractivity contribution in [2.24, 2.45) is 0 Å². The number of benzene rings is 2. The van der Waals surface area contributed by atoms with Gasteiger partial charge in [0.15, 0.2) is 0 Å². The van der Waals surface area contributed by atoms with Gasteiger partial charge in [0.1, 0.15) is 12.4 Å². The molecule has 0 atom stereocenters. The molecule has 1 nitrogen and oxygen atoms in total. The highest BCUT2D eigenvalue weighted by atomic mass is 79.9. The lowest BCUT2D eigenvalue weighted by atomic mass is 10.2. The van der Waals surface area contributed by atoms with Crippen LogP contribution in [0.1, 0.15) is 11.1 Å². The van der Waals surface area contributed by atoms with Crippen LogP contribution in [0.4, 0.5) is 0 Å². The van der Waals surface area contributed by atoms with Gasteiger partial charge in [0, 0.05) is 21.5 Å². The van der Waals surface area contributed by atoms with Crippen LogP contribution in [0.2, 0.25) is 10.0 Å². The van der Waals surface area contributed by atoms with Gasteiger partial charge >= 0.3 is 0 Å². The Labute approximate surface area is 125 Å². The highest BCUT2D eigenvalue weighted by Gasteiger charge is 2.08. The van der Waals surface area contributed by atoms with E-state index in [0.717, 1.165) is 11.1 Å². The maximum Gasteiger partial charge on any atom is 0.142 e. The van der Waals surface area contributed by atoms with Gasteiger partial charge in [0.25, 0.3) is 0 Å².